The number of thiocarbonyl (C=S) groups is 1. The number of nitrogens with zero attached hydrogens (tertiary/aromatic N) is 2. The molecule has 30 heavy (non-hydrogen) atoms. The molecular formula is C24H29N3O2S. The van der Waals surface area contributed by atoms with Crippen LogP contribution in [-0.2, 0) is 15.1 Å². The smallest absolute Gasteiger partial charge is 0.283 e. The van der Waals surface area contributed by atoms with Crippen LogP contribution in [0.15, 0.2) is 59.8 Å². The molecule has 6 heteroatoms. The van der Waals surface area contributed by atoms with Crippen molar-refractivity contribution < 1.29 is 9.68 Å². The van der Waals surface area contributed by atoms with Gasteiger partial charge >= 0.3 is 0 Å². The molecule has 0 amide bonds. The average molecular weight is 424 g/mol. The average Bonchev–Trinajstić information content (AvgIpc) is 3.14. The molecule has 0 bridgehead atoms. The number of rotatable bonds is 3. The van der Waals surface area contributed by atoms with Crippen molar-refractivity contribution in [1.82, 2.24) is 5.06 Å². The monoisotopic (exact) mass is 423 g/mol. The van der Waals surface area contributed by atoms with Gasteiger partial charge in [-0.15, -0.1) is 5.06 Å². The Morgan fingerprint density at radius 3 is 2.37 bits per heavy atom. The first-order valence-corrected chi connectivity index (χ1v) is 10.9. The van der Waals surface area contributed by atoms with Crippen LogP contribution in [0, 0.1) is 0 Å². The van der Waals surface area contributed by atoms with Crippen molar-refractivity contribution in [2.45, 2.75) is 51.0 Å². The molecule has 2 aromatic rings. The Bertz CT molecular complexity index is 912. The van der Waals surface area contributed by atoms with Gasteiger partial charge in [0.05, 0.1) is 5.71 Å². The van der Waals surface area contributed by atoms with Crippen LogP contribution in [0.1, 0.15) is 51.2 Å². The van der Waals surface area contributed by atoms with Crippen LogP contribution in [0.4, 0.5) is 5.69 Å². The Labute approximate surface area is 184 Å². The van der Waals surface area contributed by atoms with E-state index in [0.717, 1.165) is 49.3 Å². The fourth-order valence-corrected chi connectivity index (χ4v) is 4.09. The van der Waals surface area contributed by atoms with Crippen LogP contribution in [-0.4, -0.2) is 34.6 Å². The number of hydroxylamine groups is 2. The van der Waals surface area contributed by atoms with Crippen molar-refractivity contribution in [2.24, 2.45) is 5.16 Å². The summed E-state index contributed by atoms with van der Waals surface area (Å²) < 4.78 is 0. The minimum Gasteiger partial charge on any atom is -0.388 e. The summed E-state index contributed by atoms with van der Waals surface area (Å²) in [6.45, 7) is 8.18. The van der Waals surface area contributed by atoms with Crippen LogP contribution in [0.5, 0.6) is 0 Å². The maximum Gasteiger partial charge on any atom is 0.283 e. The van der Waals surface area contributed by atoms with Gasteiger partial charge in [-0.1, -0.05) is 68.4 Å². The van der Waals surface area contributed by atoms with E-state index in [2.05, 4.69) is 55.5 Å². The zero-order valence-electron chi connectivity index (χ0n) is 17.9. The van der Waals surface area contributed by atoms with Crippen molar-refractivity contribution in [3.63, 3.8) is 0 Å². The molecule has 2 aliphatic rings. The van der Waals surface area contributed by atoms with Crippen molar-refractivity contribution >= 4 is 28.8 Å². The number of para-hydroxylation sites is 1. The van der Waals surface area contributed by atoms with Gasteiger partial charge in [0, 0.05) is 38.0 Å². The number of benzene rings is 2. The van der Waals surface area contributed by atoms with Gasteiger partial charge in [-0.25, -0.2) is 0 Å². The second-order valence-corrected chi connectivity index (χ2v) is 9.49. The first-order chi connectivity index (χ1) is 14.3. The van der Waals surface area contributed by atoms with Crippen molar-refractivity contribution in [3.8, 4) is 0 Å². The summed E-state index contributed by atoms with van der Waals surface area (Å²) in [6.07, 6.45) is 2.55. The summed E-state index contributed by atoms with van der Waals surface area (Å²) in [6, 6.07) is 18.5. The molecule has 0 radical (unpaired) electrons. The van der Waals surface area contributed by atoms with Crippen LogP contribution >= 0.6 is 12.2 Å². The fraction of sp³-hybridized carbons (Fsp3) is 0.417. The number of oxime groups is 1. The lowest BCUT2D eigenvalue weighted by Gasteiger charge is -2.36. The summed E-state index contributed by atoms with van der Waals surface area (Å²) in [7, 11) is 0. The molecule has 2 heterocycles. The molecule has 1 saturated heterocycles. The molecule has 4 rings (SSSR count). The van der Waals surface area contributed by atoms with Gasteiger partial charge in [-0.3, -0.25) is 0 Å². The number of anilines is 1. The molecule has 1 fully saturated rings. The summed E-state index contributed by atoms with van der Waals surface area (Å²) in [4.78, 5) is 11.8. The molecule has 0 atom stereocenters. The second-order valence-electron chi connectivity index (χ2n) is 9.12. The highest BCUT2D eigenvalue weighted by atomic mass is 32.1. The zero-order chi connectivity index (χ0) is 21.2. The van der Waals surface area contributed by atoms with E-state index in [0.29, 0.717) is 5.17 Å². The summed E-state index contributed by atoms with van der Waals surface area (Å²) in [5, 5.41) is 9.81. The predicted octanol–water partition coefficient (Wildman–Crippen LogP) is 5.27. The number of piperidine rings is 1. The van der Waals surface area contributed by atoms with Crippen LogP contribution in [0.25, 0.3) is 0 Å². The molecule has 0 aromatic heterocycles. The summed E-state index contributed by atoms with van der Waals surface area (Å²) >= 11 is 5.33. The number of nitrogens with one attached hydrogen (secondary N) is 1. The van der Waals surface area contributed by atoms with Crippen LogP contribution < -0.4 is 5.32 Å². The normalized spacial score (nSPS) is 18.6. The molecule has 5 nitrogen and oxygen atoms in total. The molecule has 1 N–H and O–H groups in total. The van der Waals surface area contributed by atoms with Gasteiger partial charge in [0.1, 0.15) is 5.60 Å². The lowest BCUT2D eigenvalue weighted by Crippen LogP contribution is -2.45. The van der Waals surface area contributed by atoms with Crippen LogP contribution in [0.2, 0.25) is 0 Å². The van der Waals surface area contributed by atoms with Crippen molar-refractivity contribution in [1.29, 1.82) is 0 Å². The van der Waals surface area contributed by atoms with E-state index in [1.807, 2.05) is 35.4 Å². The molecule has 0 saturated carbocycles. The highest BCUT2D eigenvalue weighted by molar-refractivity contribution is 7.80. The molecule has 2 aromatic carbocycles. The Kier molecular flexibility index (Phi) is 5.80. The van der Waals surface area contributed by atoms with Gasteiger partial charge in [0.15, 0.2) is 0 Å². The second kappa shape index (κ2) is 8.36. The Morgan fingerprint density at radius 1 is 1.07 bits per heavy atom. The van der Waals surface area contributed by atoms with Gasteiger partial charge in [-0.2, -0.15) is 0 Å². The molecule has 0 aliphatic carbocycles. The minimum absolute atomic E-state index is 0.149. The molecular weight excluding hydrogens is 394 g/mol. The molecule has 2 aliphatic heterocycles. The Morgan fingerprint density at radius 2 is 1.73 bits per heavy atom. The summed E-state index contributed by atoms with van der Waals surface area (Å²) in [5.41, 5.74) is 4.35. The number of hydrogen-bond acceptors (Lipinski definition) is 5. The summed E-state index contributed by atoms with van der Waals surface area (Å²) in [5.74, 6) is 0. The topological polar surface area (TPSA) is 46.1 Å². The Balaban J connectivity index is 1.29. The SMILES string of the molecule is CC(C)(C)c1ccc(C2=NOC3(CCN(OC(=S)Nc4ccccc4)CC3)C2)cc1. The van der Waals surface area contributed by atoms with Crippen LogP contribution in [0.3, 0.4) is 0 Å². The van der Waals surface area contributed by atoms with E-state index in [1.54, 1.807) is 0 Å². The zero-order valence-corrected chi connectivity index (χ0v) is 18.7. The standard InChI is InChI=1S/C24H29N3O2S/c1-23(2,3)19-11-9-18(10-12-19)21-17-24(29-26-21)13-15-27(16-14-24)28-22(30)25-20-7-5-4-6-8-20/h4-12H,13-17H2,1-3H3,(H,25,30). The van der Waals surface area contributed by atoms with Gasteiger partial charge in [-0.05, 0) is 40.9 Å². The lowest BCUT2D eigenvalue weighted by atomic mass is 9.84. The van der Waals surface area contributed by atoms with Crippen molar-refractivity contribution in [3.05, 3.63) is 65.7 Å². The van der Waals surface area contributed by atoms with Gasteiger partial charge in [0.2, 0.25) is 0 Å². The van der Waals surface area contributed by atoms with Gasteiger partial charge < -0.3 is 15.0 Å². The third kappa shape index (κ3) is 4.82. The fourth-order valence-electron chi connectivity index (χ4n) is 3.87. The maximum atomic E-state index is 5.95. The lowest BCUT2D eigenvalue weighted by molar-refractivity contribution is -0.143. The van der Waals surface area contributed by atoms with Crippen molar-refractivity contribution in [2.75, 3.05) is 18.4 Å². The third-order valence-corrected chi connectivity index (χ3v) is 5.97. The van der Waals surface area contributed by atoms with E-state index in [-0.39, 0.29) is 11.0 Å². The highest BCUT2D eigenvalue weighted by Crippen LogP contribution is 2.36. The minimum atomic E-state index is -0.230. The van der Waals surface area contributed by atoms with E-state index in [4.69, 9.17) is 21.9 Å². The molecule has 0 unspecified atom stereocenters. The van der Waals surface area contributed by atoms with E-state index in [9.17, 15) is 0 Å². The van der Waals surface area contributed by atoms with E-state index < -0.39 is 0 Å². The Hall–Kier alpha value is -2.44. The largest absolute Gasteiger partial charge is 0.388 e. The predicted molar refractivity (Wildman–Crippen MR) is 125 cm³/mol. The quantitative estimate of drug-likeness (QED) is 0.681. The van der Waals surface area contributed by atoms with Gasteiger partial charge in [0.25, 0.3) is 5.17 Å². The van der Waals surface area contributed by atoms with E-state index >= 15 is 0 Å². The maximum absolute atomic E-state index is 5.95. The molecule has 1 spiro atoms. The highest BCUT2D eigenvalue weighted by Gasteiger charge is 2.43. The van der Waals surface area contributed by atoms with E-state index in [1.165, 1.54) is 5.56 Å². The third-order valence-electron chi connectivity index (χ3n) is 5.79. The number of hydrogen-bond donors (Lipinski definition) is 1. The molecule has 158 valence electrons. The first-order valence-electron chi connectivity index (χ1n) is 10.5. The first kappa shape index (κ1) is 20.8.